The molecule has 500 valence electrons. The summed E-state index contributed by atoms with van der Waals surface area (Å²) in [5, 5.41) is 113. The van der Waals surface area contributed by atoms with Crippen LogP contribution in [0.5, 0.6) is 69.0 Å². The van der Waals surface area contributed by atoms with Crippen molar-refractivity contribution in [3.05, 3.63) is 164 Å². The third kappa shape index (κ3) is 14.1. The average Bonchev–Trinajstić information content (AvgIpc) is 0.772. The van der Waals surface area contributed by atoms with Gasteiger partial charge in [-0.15, -0.1) is 0 Å². The Kier molecular flexibility index (Phi) is 19.1. The molecule has 6 heterocycles. The predicted molar refractivity (Wildman–Crippen MR) is 344 cm³/mol. The van der Waals surface area contributed by atoms with Gasteiger partial charge in [0.2, 0.25) is 47.1 Å². The van der Waals surface area contributed by atoms with Gasteiger partial charge in [0.1, 0.15) is 88.6 Å². The maximum atomic E-state index is 15.9. The molecule has 7 aromatic rings. The summed E-state index contributed by atoms with van der Waals surface area (Å²) in [6, 6.07) is 8.80. The topological polar surface area (TPSA) is 408 Å². The molecule has 0 saturated heterocycles. The minimum absolute atomic E-state index is 0.0496. The molecule has 0 saturated carbocycles. The van der Waals surface area contributed by atoms with Crippen molar-refractivity contribution in [1.82, 2.24) is 47.4 Å². The number of ether oxygens (including phenoxy) is 3. The fourth-order valence-electron chi connectivity index (χ4n) is 11.5. The minimum atomic E-state index is -2.17. The van der Waals surface area contributed by atoms with Crippen molar-refractivity contribution in [1.29, 1.82) is 0 Å². The van der Waals surface area contributed by atoms with Gasteiger partial charge in [-0.2, -0.15) is 0 Å². The number of fused-ring (bicyclic) bond motifs is 14. The smallest absolute Gasteiger partial charge is 0.248 e. The molecule has 6 aliphatic rings. The van der Waals surface area contributed by atoms with E-state index >= 15 is 24.0 Å². The number of benzene rings is 7. The van der Waals surface area contributed by atoms with E-state index in [2.05, 4.69) is 42.5 Å². The summed E-state index contributed by atoms with van der Waals surface area (Å²) < 4.78 is 18.7. The lowest BCUT2D eigenvalue weighted by Gasteiger charge is -2.31. The van der Waals surface area contributed by atoms with Crippen LogP contribution in [0.4, 0.5) is 0 Å². The molecule has 0 fully saturated rings. The number of aliphatic hydroxyl groups excluding tert-OH is 2. The number of amides is 7. The molecular formula is C67H65Cl2N9O18. The van der Waals surface area contributed by atoms with Crippen LogP contribution in [0.3, 0.4) is 0 Å². The quantitative estimate of drug-likeness (QED) is 0.0850. The lowest BCUT2D eigenvalue weighted by Crippen LogP contribution is -2.56. The van der Waals surface area contributed by atoms with Gasteiger partial charge in [-0.05, 0) is 159 Å². The van der Waals surface area contributed by atoms with Crippen LogP contribution in [-0.2, 0) is 40.0 Å². The van der Waals surface area contributed by atoms with Crippen LogP contribution >= 0.6 is 23.2 Å². The number of halogens is 2. The first-order valence-electron chi connectivity index (χ1n) is 30.1. The molecule has 7 amide bonds. The zero-order valence-corrected chi connectivity index (χ0v) is 52.9. The maximum absolute atomic E-state index is 15.9. The van der Waals surface area contributed by atoms with E-state index in [0.717, 1.165) is 48.5 Å². The monoisotopic (exact) mass is 1350 g/mol. The van der Waals surface area contributed by atoms with E-state index in [-0.39, 0.29) is 90.5 Å². The van der Waals surface area contributed by atoms with Gasteiger partial charge in [-0.3, -0.25) is 38.9 Å². The SMILES string of the molecule is CC(O)C(C)N[C@@H]1C(=O)N[C@@H]2Cc3ccc(c(Cl)c3)Oc3cc4cc(c3O)Oc3ccc(cc3Cl)[C@@H](O)[C@@H]3NC(=O)[C@H](NC(=O)[C@@H]4NC(=O)[C@@H](NC2=O)c2cc(O)cc(c2)Oc2cc1ccc2O)c1ccc(O)c(c1)-c1c(O)cc(O)cc1[C@@H](C(=O)NCCCN(C)C)NC3=O. The summed E-state index contributed by atoms with van der Waals surface area (Å²) in [5.74, 6) is -13.5. The number of rotatable bonds is 8. The average molecular weight is 1360 g/mol. The molecule has 6 aliphatic heterocycles. The van der Waals surface area contributed by atoms with Crippen molar-refractivity contribution >= 4 is 64.6 Å². The lowest BCUT2D eigenvalue weighted by atomic mass is 9.89. The van der Waals surface area contributed by atoms with Crippen LogP contribution in [0, 0.1) is 0 Å². The van der Waals surface area contributed by atoms with Crippen molar-refractivity contribution in [2.75, 3.05) is 27.2 Å². The van der Waals surface area contributed by atoms with Crippen LogP contribution in [0.2, 0.25) is 10.0 Å². The zero-order valence-electron chi connectivity index (χ0n) is 51.4. The van der Waals surface area contributed by atoms with Crippen LogP contribution < -0.4 is 56.7 Å². The van der Waals surface area contributed by atoms with Crippen LogP contribution in [0.25, 0.3) is 11.1 Å². The minimum Gasteiger partial charge on any atom is -0.508 e. The van der Waals surface area contributed by atoms with Gasteiger partial charge in [0, 0.05) is 42.3 Å². The largest absolute Gasteiger partial charge is 0.508 e. The first kappa shape index (κ1) is 66.9. The summed E-state index contributed by atoms with van der Waals surface area (Å²) in [5.41, 5.74) is -1.40. The number of carbonyl (C=O) groups excluding carboxylic acids is 7. The van der Waals surface area contributed by atoms with Gasteiger partial charge in [0.15, 0.2) is 23.0 Å². The molecule has 16 N–H and O–H groups in total. The number of carbonyl (C=O) groups is 7. The van der Waals surface area contributed by atoms with Crippen molar-refractivity contribution < 1.29 is 88.6 Å². The lowest BCUT2D eigenvalue weighted by molar-refractivity contribution is -0.137. The van der Waals surface area contributed by atoms with E-state index in [1.165, 1.54) is 73.7 Å². The van der Waals surface area contributed by atoms with Crippen molar-refractivity contribution in [2.24, 2.45) is 0 Å². The molecule has 17 bridgehead atoms. The third-order valence-corrected chi connectivity index (χ3v) is 17.2. The molecule has 7 aromatic carbocycles. The molecule has 0 aromatic heterocycles. The fraction of sp³-hybridized carbons (Fsp3) is 0.269. The molecule has 0 spiro atoms. The Labute approximate surface area is 556 Å². The Balaban J connectivity index is 1.12. The number of nitrogens with one attached hydrogen (secondary N) is 8. The molecule has 2 unspecified atom stereocenters. The molecule has 0 radical (unpaired) electrons. The number of hydrogen-bond acceptors (Lipinski definition) is 20. The van der Waals surface area contributed by atoms with Crippen LogP contribution in [0.1, 0.15) is 95.5 Å². The number of phenols is 6. The van der Waals surface area contributed by atoms with Gasteiger partial charge in [-0.25, -0.2) is 0 Å². The Bertz CT molecular complexity index is 4310. The van der Waals surface area contributed by atoms with E-state index in [9.17, 15) is 50.4 Å². The highest BCUT2D eigenvalue weighted by Crippen LogP contribution is 2.48. The van der Waals surface area contributed by atoms with Crippen molar-refractivity contribution in [3.8, 4) is 80.1 Å². The summed E-state index contributed by atoms with van der Waals surface area (Å²) in [4.78, 5) is 109. The highest BCUT2D eigenvalue weighted by Gasteiger charge is 2.42. The standard InChI is InChI=1S/C67H65Cl2N9O18/c1-28(29(2)79)71-53-32-8-11-45(83)49(22-32)94-38-19-34(18-36(80)25-38)55-65(91)75-56-35-23-50(95-47-12-6-30(16-41(47)68)17-43(61(87)73-55)72-63(53)89)60(86)51(24-35)96-48-13-9-33(21-42(48)69)59(85)58-67(93)76-57(62(88)70-14-5-15-78(3)4)40-26-37(81)27-46(84)52(40)39-20-31(7-10-44(39)82)54(64(90)77-58)74-66(56)92/h6-13,16,18-29,43,53-59,71,79-86H,5,14-15,17H2,1-4H3,(H,70,88)(H,72,89)(H,73,87)(H,74,92)(H,75,91)(H,76,93)(H,77,90)/t28?,29?,43-,53+,54-,55+,56-,57+,58+,59-/m1/s1. The Morgan fingerprint density at radius 3 is 1.83 bits per heavy atom. The number of aromatic hydroxyl groups is 6. The van der Waals surface area contributed by atoms with Crippen molar-refractivity contribution in [3.63, 3.8) is 0 Å². The molecule has 96 heavy (non-hydrogen) atoms. The predicted octanol–water partition coefficient (Wildman–Crippen LogP) is 5.37. The molecule has 10 atom stereocenters. The van der Waals surface area contributed by atoms with Crippen molar-refractivity contribution in [2.45, 2.75) is 87.2 Å². The second-order valence-electron chi connectivity index (χ2n) is 23.9. The van der Waals surface area contributed by atoms with Gasteiger partial charge >= 0.3 is 0 Å². The molecular weight excluding hydrogens is 1290 g/mol. The Morgan fingerprint density at radius 2 is 1.17 bits per heavy atom. The summed E-state index contributed by atoms with van der Waals surface area (Å²) in [6.45, 7) is 3.65. The first-order chi connectivity index (χ1) is 45.7. The van der Waals surface area contributed by atoms with Crippen LogP contribution in [-0.4, -0.2) is 139 Å². The maximum Gasteiger partial charge on any atom is 0.248 e. The van der Waals surface area contributed by atoms with E-state index in [1.807, 2.05) is 19.0 Å². The Hall–Kier alpha value is -10.6. The fourth-order valence-corrected chi connectivity index (χ4v) is 12.0. The molecule has 13 rings (SSSR count). The molecule has 0 aliphatic carbocycles. The first-order valence-corrected chi connectivity index (χ1v) is 30.8. The highest BCUT2D eigenvalue weighted by molar-refractivity contribution is 6.32. The third-order valence-electron chi connectivity index (χ3n) is 16.6. The number of hydrogen-bond donors (Lipinski definition) is 16. The normalized spacial score (nSPS) is 21.6. The zero-order chi connectivity index (χ0) is 68.7. The second kappa shape index (κ2) is 27.4. The Morgan fingerprint density at radius 1 is 0.573 bits per heavy atom. The van der Waals surface area contributed by atoms with E-state index in [4.69, 9.17) is 37.4 Å². The second-order valence-corrected chi connectivity index (χ2v) is 24.7. The number of aliphatic hydroxyl groups is 2. The van der Waals surface area contributed by atoms with Gasteiger partial charge in [0.05, 0.1) is 16.1 Å². The molecule has 29 heteroatoms. The highest BCUT2D eigenvalue weighted by atomic mass is 35.5. The van der Waals surface area contributed by atoms with E-state index < -0.39 is 148 Å². The summed E-state index contributed by atoms with van der Waals surface area (Å²) in [6.07, 6.45) is -3.06. The van der Waals surface area contributed by atoms with Crippen LogP contribution in [0.15, 0.2) is 115 Å². The van der Waals surface area contributed by atoms with E-state index in [0.29, 0.717) is 18.5 Å². The van der Waals surface area contributed by atoms with Gasteiger partial charge in [-0.1, -0.05) is 47.5 Å². The van der Waals surface area contributed by atoms with Gasteiger partial charge in [0.25, 0.3) is 0 Å². The number of nitrogens with zero attached hydrogens (tertiary/aromatic N) is 1. The number of phenolic OH excluding ortho intramolecular Hbond substituents is 6. The van der Waals surface area contributed by atoms with E-state index in [1.54, 1.807) is 6.92 Å². The van der Waals surface area contributed by atoms with Gasteiger partial charge < -0.3 is 97.2 Å². The summed E-state index contributed by atoms with van der Waals surface area (Å²) in [7, 11) is 3.63. The summed E-state index contributed by atoms with van der Waals surface area (Å²) >= 11 is 13.9. The molecule has 27 nitrogen and oxygen atoms in total.